The molecule has 0 aliphatic rings. The molecule has 43 valence electrons. The van der Waals surface area contributed by atoms with E-state index in [0.717, 1.165) is 0 Å². The molecule has 6 heteroatoms. The summed E-state index contributed by atoms with van der Waals surface area (Å²) in [6.07, 6.45) is 0. The number of hydrogen-bond acceptors (Lipinski definition) is 0. The third-order valence-corrected chi connectivity index (χ3v) is 0. The predicted molar refractivity (Wildman–Crippen MR) is 30.7 cm³/mol. The minimum atomic E-state index is -3.22. The van der Waals surface area contributed by atoms with Crippen LogP contribution in [-0.4, -0.2) is 0 Å². The van der Waals surface area contributed by atoms with Gasteiger partial charge in [-0.25, -0.2) is 0 Å². The van der Waals surface area contributed by atoms with Gasteiger partial charge in [-0.15, -0.1) is 12.4 Å². The maximum absolute atomic E-state index is 5.03. The molecule has 6 heavy (non-hydrogen) atoms. The fourth-order valence-electron chi connectivity index (χ4n) is 0. The third-order valence-electron chi connectivity index (χ3n) is 0. The van der Waals surface area contributed by atoms with Crippen LogP contribution in [0.25, 0.3) is 0 Å². The molecule has 0 aromatic heterocycles. The molecule has 0 rings (SSSR count). The summed E-state index contributed by atoms with van der Waals surface area (Å²) in [7, 11) is 20.1. The molecule has 0 spiro atoms. The van der Waals surface area contributed by atoms with Crippen molar-refractivity contribution in [1.29, 1.82) is 0 Å². The molecular formula is HCl5Re. The van der Waals surface area contributed by atoms with Gasteiger partial charge in [0.25, 0.3) is 0 Å². The molecule has 0 fully saturated rings. The van der Waals surface area contributed by atoms with E-state index in [4.69, 9.17) is 38.1 Å². The van der Waals surface area contributed by atoms with Crippen molar-refractivity contribution in [2.75, 3.05) is 0 Å². The van der Waals surface area contributed by atoms with Gasteiger partial charge in [0, 0.05) is 0 Å². The molecule has 0 bridgehead atoms. The fourth-order valence-corrected chi connectivity index (χ4v) is 0. The van der Waals surface area contributed by atoms with Crippen molar-refractivity contribution in [2.45, 2.75) is 0 Å². The SMILES string of the molecule is Cl.[Cl][Re]([Cl])([Cl])[Cl]. The number of rotatable bonds is 0. The topological polar surface area (TPSA) is 0 Å². The van der Waals surface area contributed by atoms with Gasteiger partial charge in [0.2, 0.25) is 0 Å². The van der Waals surface area contributed by atoms with Gasteiger partial charge in [-0.2, -0.15) is 0 Å². The van der Waals surface area contributed by atoms with Crippen LogP contribution < -0.4 is 0 Å². The van der Waals surface area contributed by atoms with E-state index in [0.29, 0.717) is 0 Å². The van der Waals surface area contributed by atoms with Crippen LogP contribution in [0.3, 0.4) is 0 Å². The quantitative estimate of drug-likeness (QED) is 0.619. The average molecular weight is 364 g/mol. The fraction of sp³-hybridized carbons (Fsp3) is 0. The minimum absolute atomic E-state index is 0. The Labute approximate surface area is 61.4 Å². The van der Waals surface area contributed by atoms with Gasteiger partial charge in [0.1, 0.15) is 0 Å². The van der Waals surface area contributed by atoms with Crippen molar-refractivity contribution in [2.24, 2.45) is 0 Å². The Hall–Kier alpha value is 2.11. The summed E-state index contributed by atoms with van der Waals surface area (Å²) in [6, 6.07) is 0. The molecule has 0 aromatic carbocycles. The van der Waals surface area contributed by atoms with Crippen molar-refractivity contribution in [3.63, 3.8) is 0 Å². The Morgan fingerprint density at radius 3 is 0.833 bits per heavy atom. The van der Waals surface area contributed by atoms with Gasteiger partial charge in [-0.3, -0.25) is 0 Å². The molecule has 0 radical (unpaired) electrons. The van der Waals surface area contributed by atoms with E-state index < -0.39 is 11.5 Å². The zero-order valence-electron chi connectivity index (χ0n) is 2.30. The molecule has 0 aliphatic heterocycles. The molecule has 0 aliphatic carbocycles. The number of halogens is 5. The molecule has 0 heterocycles. The zero-order chi connectivity index (χ0) is 4.50. The van der Waals surface area contributed by atoms with Crippen LogP contribution >= 0.6 is 50.5 Å². The summed E-state index contributed by atoms with van der Waals surface area (Å²) < 4.78 is 0. The van der Waals surface area contributed by atoms with Gasteiger partial charge in [0.15, 0.2) is 0 Å². The van der Waals surface area contributed by atoms with E-state index in [9.17, 15) is 0 Å². The van der Waals surface area contributed by atoms with Gasteiger partial charge >= 0.3 is 49.6 Å². The van der Waals surface area contributed by atoms with Crippen LogP contribution in [0.2, 0.25) is 0 Å². The Morgan fingerprint density at radius 2 is 0.833 bits per heavy atom. The van der Waals surface area contributed by atoms with Crippen molar-refractivity contribution in [1.82, 2.24) is 0 Å². The zero-order valence-corrected chi connectivity index (χ0v) is 8.85. The Morgan fingerprint density at radius 1 is 0.833 bits per heavy atom. The van der Waals surface area contributed by atoms with Crippen molar-refractivity contribution in [3.8, 4) is 0 Å². The predicted octanol–water partition coefficient (Wildman–Crippen LogP) is 3.18. The third kappa shape index (κ3) is 35.8. The molecule has 0 unspecified atom stereocenters. The monoisotopic (exact) mass is 363 g/mol. The van der Waals surface area contributed by atoms with E-state index in [2.05, 4.69) is 0 Å². The van der Waals surface area contributed by atoms with E-state index in [1.807, 2.05) is 0 Å². The van der Waals surface area contributed by atoms with Crippen LogP contribution in [0.4, 0.5) is 0 Å². The van der Waals surface area contributed by atoms with Crippen molar-refractivity contribution < 1.29 is 11.5 Å². The van der Waals surface area contributed by atoms with Crippen molar-refractivity contribution in [3.05, 3.63) is 0 Å². The standard InChI is InChI=1S/5ClH.Re/h5*1H;/q;;;;;+4/p-4. The van der Waals surface area contributed by atoms with Gasteiger partial charge in [0.05, 0.1) is 0 Å². The van der Waals surface area contributed by atoms with Gasteiger partial charge in [-0.05, 0) is 0 Å². The summed E-state index contributed by atoms with van der Waals surface area (Å²) in [6.45, 7) is 0. The molecule has 0 saturated heterocycles. The molecule has 0 nitrogen and oxygen atoms in total. The Balaban J connectivity index is 0. The van der Waals surface area contributed by atoms with E-state index >= 15 is 0 Å². The normalized spacial score (nSPS) is 12.7. The first-order valence-electron chi connectivity index (χ1n) is 0.571. The van der Waals surface area contributed by atoms with E-state index in [1.54, 1.807) is 0 Å². The first kappa shape index (κ1) is 11.0. The second-order valence-electron chi connectivity index (χ2n) is 0.324. The molecule has 0 N–H and O–H groups in total. The molecule has 0 atom stereocenters. The second-order valence-corrected chi connectivity index (χ2v) is 23.9. The second kappa shape index (κ2) is 4.04. The average Bonchev–Trinajstić information content (AvgIpc) is 0.722. The van der Waals surface area contributed by atoms with E-state index in [-0.39, 0.29) is 12.4 Å². The summed E-state index contributed by atoms with van der Waals surface area (Å²) in [4.78, 5) is 0. The maximum atomic E-state index is 5.03. The van der Waals surface area contributed by atoms with Crippen LogP contribution in [0.15, 0.2) is 0 Å². The first-order valence-corrected chi connectivity index (χ1v) is 14.0. The van der Waals surface area contributed by atoms with Crippen molar-refractivity contribution >= 4 is 50.5 Å². The van der Waals surface area contributed by atoms with Gasteiger partial charge < -0.3 is 0 Å². The molecule has 0 aromatic rings. The Kier molecular flexibility index (Phi) is 7.39. The van der Waals surface area contributed by atoms with Crippen LogP contribution in [0, 0.1) is 0 Å². The molecule has 0 amide bonds. The summed E-state index contributed by atoms with van der Waals surface area (Å²) in [5, 5.41) is 0. The molecule has 0 saturated carbocycles. The van der Waals surface area contributed by atoms with E-state index in [1.165, 1.54) is 0 Å². The summed E-state index contributed by atoms with van der Waals surface area (Å²) in [5.74, 6) is 0. The van der Waals surface area contributed by atoms with Crippen LogP contribution in [0.5, 0.6) is 0 Å². The molecular weight excluding hydrogens is 363 g/mol. The van der Waals surface area contributed by atoms with Crippen LogP contribution in [0.1, 0.15) is 0 Å². The summed E-state index contributed by atoms with van der Waals surface area (Å²) >= 11 is -3.22. The summed E-state index contributed by atoms with van der Waals surface area (Å²) in [5.41, 5.74) is 0. The van der Waals surface area contributed by atoms with Crippen LogP contribution in [-0.2, 0) is 11.5 Å². The van der Waals surface area contributed by atoms with Gasteiger partial charge in [-0.1, -0.05) is 0 Å². The Bertz CT molecular complexity index is 19.4. The first-order chi connectivity index (χ1) is 2.00. The number of hydrogen-bond donors (Lipinski definition) is 0.